The van der Waals surface area contributed by atoms with E-state index in [1.54, 1.807) is 0 Å². The molecule has 6 heteroatoms. The Bertz CT molecular complexity index is 684. The van der Waals surface area contributed by atoms with Crippen molar-refractivity contribution in [3.8, 4) is 12.3 Å². The number of ether oxygens (including phenoxy) is 2. The van der Waals surface area contributed by atoms with E-state index in [-0.39, 0.29) is 17.7 Å². The molecule has 2 aliphatic rings. The van der Waals surface area contributed by atoms with Crippen molar-refractivity contribution in [3.63, 3.8) is 0 Å². The number of carbonyl (C=O) groups is 1. The number of terminal acetylenes is 1. The third-order valence-corrected chi connectivity index (χ3v) is 4.77. The van der Waals surface area contributed by atoms with Gasteiger partial charge in [-0.25, -0.2) is 0 Å². The summed E-state index contributed by atoms with van der Waals surface area (Å²) in [6.07, 6.45) is 9.38. The fourth-order valence-corrected chi connectivity index (χ4v) is 3.06. The number of hydrogen-bond acceptors (Lipinski definition) is 5. The highest BCUT2D eigenvalue weighted by atomic mass is 16.5. The highest BCUT2D eigenvalue weighted by Crippen LogP contribution is 2.36. The molecule has 2 heterocycles. The third kappa shape index (κ3) is 5.13. The first-order valence-corrected chi connectivity index (χ1v) is 9.15. The number of rotatable bonds is 9. The first kappa shape index (κ1) is 18.6. The summed E-state index contributed by atoms with van der Waals surface area (Å²) in [7, 11) is 0. The number of hydrogen-bond donors (Lipinski definition) is 1. The maximum Gasteiger partial charge on any atom is 0.251 e. The van der Waals surface area contributed by atoms with Crippen LogP contribution in [-0.2, 0) is 16.1 Å². The van der Waals surface area contributed by atoms with Gasteiger partial charge in [-0.05, 0) is 24.5 Å². The molecule has 1 aromatic carbocycles. The van der Waals surface area contributed by atoms with Gasteiger partial charge in [0.1, 0.15) is 0 Å². The molecular weight excluding hydrogens is 330 g/mol. The summed E-state index contributed by atoms with van der Waals surface area (Å²) >= 11 is 0. The van der Waals surface area contributed by atoms with Gasteiger partial charge < -0.3 is 14.8 Å². The number of carbonyl (C=O) groups excluding carboxylic acids is 1. The minimum atomic E-state index is -0.370. The topological polar surface area (TPSA) is 72.3 Å². The molecule has 1 amide bonds. The lowest BCUT2D eigenvalue weighted by Gasteiger charge is -2.23. The molecule has 1 saturated heterocycles. The molecule has 0 aromatic heterocycles. The first-order chi connectivity index (χ1) is 12.7. The Morgan fingerprint density at radius 2 is 2.08 bits per heavy atom. The molecule has 0 saturated carbocycles. The molecule has 0 spiro atoms. The van der Waals surface area contributed by atoms with Gasteiger partial charge >= 0.3 is 0 Å². The Balaban J connectivity index is 1.48. The van der Waals surface area contributed by atoms with Crippen LogP contribution in [0.25, 0.3) is 0 Å². The summed E-state index contributed by atoms with van der Waals surface area (Å²) in [4.78, 5) is 12.6. The van der Waals surface area contributed by atoms with Gasteiger partial charge in [0.2, 0.25) is 0 Å². The van der Waals surface area contributed by atoms with E-state index in [1.165, 1.54) is 0 Å². The Hall–Kier alpha value is -2.23. The molecule has 1 aromatic rings. The average molecular weight is 355 g/mol. The Kier molecular flexibility index (Phi) is 6.37. The summed E-state index contributed by atoms with van der Waals surface area (Å²) in [6.45, 7) is 2.44. The third-order valence-electron chi connectivity index (χ3n) is 4.77. The molecular formula is C20H25N3O3. The van der Waals surface area contributed by atoms with Crippen LogP contribution in [0.4, 0.5) is 0 Å². The van der Waals surface area contributed by atoms with Crippen LogP contribution in [0.1, 0.15) is 48.0 Å². The Labute approximate surface area is 154 Å². The molecule has 1 N–H and O–H groups in total. The molecule has 0 unspecified atom stereocenters. The number of amides is 1. The molecule has 0 atom stereocenters. The lowest BCUT2D eigenvalue weighted by Crippen LogP contribution is -2.29. The molecule has 0 radical (unpaired) electrons. The van der Waals surface area contributed by atoms with Gasteiger partial charge in [0.05, 0.1) is 12.7 Å². The SMILES string of the molecule is C#CCCC1(CCNC(=O)c2ccccc2COC2CCOCC2)N=N1. The minimum absolute atomic E-state index is 0.0936. The van der Waals surface area contributed by atoms with E-state index < -0.39 is 0 Å². The number of benzene rings is 1. The van der Waals surface area contributed by atoms with Gasteiger partial charge in [-0.3, -0.25) is 4.79 Å². The lowest BCUT2D eigenvalue weighted by atomic mass is 10.0. The molecule has 2 aliphatic heterocycles. The molecule has 0 aliphatic carbocycles. The van der Waals surface area contributed by atoms with Crippen LogP contribution in [0, 0.1) is 12.3 Å². The van der Waals surface area contributed by atoms with E-state index in [9.17, 15) is 4.79 Å². The number of nitrogens with one attached hydrogen (secondary N) is 1. The summed E-state index contributed by atoms with van der Waals surface area (Å²) in [5, 5.41) is 11.1. The maximum absolute atomic E-state index is 12.6. The van der Waals surface area contributed by atoms with Gasteiger partial charge in [-0.2, -0.15) is 10.2 Å². The van der Waals surface area contributed by atoms with Crippen molar-refractivity contribution < 1.29 is 14.3 Å². The smallest absolute Gasteiger partial charge is 0.251 e. The summed E-state index contributed by atoms with van der Waals surface area (Å²) in [5.41, 5.74) is 1.19. The van der Waals surface area contributed by atoms with Crippen LogP contribution in [0.5, 0.6) is 0 Å². The largest absolute Gasteiger partial charge is 0.381 e. The van der Waals surface area contributed by atoms with Gasteiger partial charge in [-0.1, -0.05) is 18.2 Å². The first-order valence-electron chi connectivity index (χ1n) is 9.15. The fraction of sp³-hybridized carbons (Fsp3) is 0.550. The van der Waals surface area contributed by atoms with Gasteiger partial charge in [0, 0.05) is 44.6 Å². The van der Waals surface area contributed by atoms with Crippen LogP contribution in [0.15, 0.2) is 34.5 Å². The highest BCUT2D eigenvalue weighted by molar-refractivity contribution is 5.95. The van der Waals surface area contributed by atoms with E-state index in [4.69, 9.17) is 15.9 Å². The lowest BCUT2D eigenvalue weighted by molar-refractivity contribution is -0.0392. The Morgan fingerprint density at radius 3 is 2.81 bits per heavy atom. The van der Waals surface area contributed by atoms with Gasteiger partial charge in [0.15, 0.2) is 5.66 Å². The van der Waals surface area contributed by atoms with Crippen molar-refractivity contribution in [3.05, 3.63) is 35.4 Å². The van der Waals surface area contributed by atoms with Crippen LogP contribution in [0.2, 0.25) is 0 Å². The highest BCUT2D eigenvalue weighted by Gasteiger charge is 2.38. The fourth-order valence-electron chi connectivity index (χ4n) is 3.06. The predicted molar refractivity (Wildman–Crippen MR) is 97.7 cm³/mol. The van der Waals surface area contributed by atoms with Crippen LogP contribution >= 0.6 is 0 Å². The summed E-state index contributed by atoms with van der Waals surface area (Å²) in [6, 6.07) is 7.56. The van der Waals surface area contributed by atoms with Gasteiger partial charge in [0.25, 0.3) is 5.91 Å². The Morgan fingerprint density at radius 1 is 1.31 bits per heavy atom. The molecule has 26 heavy (non-hydrogen) atoms. The van der Waals surface area contributed by atoms with Crippen molar-refractivity contribution >= 4 is 5.91 Å². The van der Waals surface area contributed by atoms with E-state index in [2.05, 4.69) is 21.5 Å². The van der Waals surface area contributed by atoms with Crippen molar-refractivity contribution in [2.75, 3.05) is 19.8 Å². The summed E-state index contributed by atoms with van der Waals surface area (Å²) < 4.78 is 11.3. The average Bonchev–Trinajstić information content (AvgIpc) is 3.46. The van der Waals surface area contributed by atoms with E-state index >= 15 is 0 Å². The van der Waals surface area contributed by atoms with E-state index in [0.717, 1.165) is 38.0 Å². The van der Waals surface area contributed by atoms with Crippen molar-refractivity contribution in [1.82, 2.24) is 5.32 Å². The maximum atomic E-state index is 12.6. The zero-order valence-electron chi connectivity index (χ0n) is 14.9. The van der Waals surface area contributed by atoms with Crippen LogP contribution < -0.4 is 5.32 Å². The van der Waals surface area contributed by atoms with E-state index in [0.29, 0.717) is 31.6 Å². The quantitative estimate of drug-likeness (QED) is 0.692. The zero-order chi connectivity index (χ0) is 18.2. The van der Waals surface area contributed by atoms with Crippen molar-refractivity contribution in [2.24, 2.45) is 10.2 Å². The van der Waals surface area contributed by atoms with Gasteiger partial charge in [-0.15, -0.1) is 12.3 Å². The summed E-state index contributed by atoms with van der Waals surface area (Å²) in [5.74, 6) is 2.51. The second kappa shape index (κ2) is 8.93. The molecule has 3 rings (SSSR count). The second-order valence-corrected chi connectivity index (χ2v) is 6.67. The predicted octanol–water partition coefficient (Wildman–Crippen LogP) is 3.08. The standard InChI is InChI=1S/C20H25N3O3/c1-2-3-10-20(22-23-20)11-12-21-19(24)18-7-5-4-6-16(18)15-26-17-8-13-25-14-9-17/h1,4-7,17H,3,8-15H2,(H,21,24). The molecule has 6 nitrogen and oxygen atoms in total. The van der Waals surface area contributed by atoms with Crippen LogP contribution in [0.3, 0.4) is 0 Å². The minimum Gasteiger partial charge on any atom is -0.381 e. The molecule has 0 bridgehead atoms. The molecule has 138 valence electrons. The zero-order valence-corrected chi connectivity index (χ0v) is 14.9. The van der Waals surface area contributed by atoms with Crippen LogP contribution in [-0.4, -0.2) is 37.4 Å². The van der Waals surface area contributed by atoms with Crippen molar-refractivity contribution in [1.29, 1.82) is 0 Å². The van der Waals surface area contributed by atoms with Crippen molar-refractivity contribution in [2.45, 2.75) is 50.5 Å². The van der Waals surface area contributed by atoms with E-state index in [1.807, 2.05) is 24.3 Å². The second-order valence-electron chi connectivity index (χ2n) is 6.67. The number of nitrogens with zero attached hydrogens (tertiary/aromatic N) is 2. The normalized spacial score (nSPS) is 18.3. The molecule has 1 fully saturated rings. The monoisotopic (exact) mass is 355 g/mol.